The number of pyridine rings is 1. The first-order valence-electron chi connectivity index (χ1n) is 7.52. The van der Waals surface area contributed by atoms with Crippen molar-refractivity contribution in [3.05, 3.63) is 41.7 Å². The molecule has 0 spiro atoms. The summed E-state index contributed by atoms with van der Waals surface area (Å²) in [7, 11) is 0. The van der Waals surface area contributed by atoms with Crippen LogP contribution < -0.4 is 5.32 Å². The molecule has 0 amide bonds. The summed E-state index contributed by atoms with van der Waals surface area (Å²) in [5.41, 5.74) is 2.70. The van der Waals surface area contributed by atoms with E-state index >= 15 is 0 Å². The van der Waals surface area contributed by atoms with Gasteiger partial charge in [0.1, 0.15) is 0 Å². The molecular weight excluding hydrogens is 246 g/mol. The predicted octanol–water partition coefficient (Wildman–Crippen LogP) is 2.73. The fraction of sp³-hybridized carbons (Fsp3) is 0.471. The zero-order chi connectivity index (χ0) is 13.9. The van der Waals surface area contributed by atoms with Gasteiger partial charge in [-0.1, -0.05) is 18.2 Å². The van der Waals surface area contributed by atoms with Gasteiger partial charge < -0.3 is 5.32 Å². The zero-order valence-corrected chi connectivity index (χ0v) is 12.4. The average molecular weight is 269 g/mol. The number of hydrogen-bond donors (Lipinski definition) is 1. The summed E-state index contributed by atoms with van der Waals surface area (Å²) in [6.07, 6.45) is 5.17. The molecule has 1 atom stereocenters. The Morgan fingerprint density at radius 2 is 2.25 bits per heavy atom. The standard InChI is InChI=1S/C17H23N3/c1-13-9-19-11-15-5-3-6-16(17(13)15)12-20-8-4-7-18-10-14(20)2/h3,5-6,9,11,14,18H,4,7-8,10,12H2,1-2H3/t14-/m0/s1. The van der Waals surface area contributed by atoms with Gasteiger partial charge in [0.25, 0.3) is 0 Å². The van der Waals surface area contributed by atoms with Crippen LogP contribution in [0.3, 0.4) is 0 Å². The van der Waals surface area contributed by atoms with Crippen molar-refractivity contribution in [3.63, 3.8) is 0 Å². The van der Waals surface area contributed by atoms with Gasteiger partial charge >= 0.3 is 0 Å². The van der Waals surface area contributed by atoms with Gasteiger partial charge in [-0.15, -0.1) is 0 Å². The lowest BCUT2D eigenvalue weighted by Gasteiger charge is -2.27. The van der Waals surface area contributed by atoms with Gasteiger partial charge in [-0.25, -0.2) is 0 Å². The lowest BCUT2D eigenvalue weighted by molar-refractivity contribution is 0.214. The Morgan fingerprint density at radius 1 is 1.35 bits per heavy atom. The van der Waals surface area contributed by atoms with Crippen LogP contribution in [0.25, 0.3) is 10.8 Å². The lowest BCUT2D eigenvalue weighted by Crippen LogP contribution is -2.36. The number of rotatable bonds is 2. The van der Waals surface area contributed by atoms with E-state index in [1.54, 1.807) is 0 Å². The summed E-state index contributed by atoms with van der Waals surface area (Å²) >= 11 is 0. The first kappa shape index (κ1) is 13.5. The molecule has 3 heteroatoms. The van der Waals surface area contributed by atoms with Gasteiger partial charge in [-0.2, -0.15) is 0 Å². The smallest absolute Gasteiger partial charge is 0.0346 e. The third kappa shape index (κ3) is 2.69. The maximum atomic E-state index is 4.31. The summed E-state index contributed by atoms with van der Waals surface area (Å²) < 4.78 is 0. The van der Waals surface area contributed by atoms with Crippen LogP contribution in [0.2, 0.25) is 0 Å². The number of benzene rings is 1. The third-order valence-corrected chi connectivity index (χ3v) is 4.29. The minimum absolute atomic E-state index is 0.592. The van der Waals surface area contributed by atoms with Gasteiger partial charge in [0.2, 0.25) is 0 Å². The number of fused-ring (bicyclic) bond motifs is 1. The molecule has 106 valence electrons. The second-order valence-electron chi connectivity index (χ2n) is 5.85. The van der Waals surface area contributed by atoms with Crippen LogP contribution in [0.4, 0.5) is 0 Å². The van der Waals surface area contributed by atoms with Crippen LogP contribution in [-0.4, -0.2) is 35.6 Å². The number of nitrogens with zero attached hydrogens (tertiary/aromatic N) is 2. The van der Waals surface area contributed by atoms with Crippen LogP contribution in [0.15, 0.2) is 30.6 Å². The van der Waals surface area contributed by atoms with E-state index in [9.17, 15) is 0 Å². The molecule has 1 fully saturated rings. The normalized spacial score (nSPS) is 21.0. The first-order chi connectivity index (χ1) is 9.75. The Morgan fingerprint density at radius 3 is 3.15 bits per heavy atom. The Hall–Kier alpha value is -1.45. The number of aromatic nitrogens is 1. The molecule has 0 radical (unpaired) electrons. The van der Waals surface area contributed by atoms with Crippen molar-refractivity contribution in [1.82, 2.24) is 15.2 Å². The predicted molar refractivity (Wildman–Crippen MR) is 83.8 cm³/mol. The highest BCUT2D eigenvalue weighted by Crippen LogP contribution is 2.23. The van der Waals surface area contributed by atoms with E-state index in [1.807, 2.05) is 12.4 Å². The molecule has 0 unspecified atom stereocenters. The van der Waals surface area contributed by atoms with E-state index in [1.165, 1.54) is 34.9 Å². The molecule has 0 aliphatic carbocycles. The zero-order valence-electron chi connectivity index (χ0n) is 12.4. The van der Waals surface area contributed by atoms with Crippen LogP contribution in [-0.2, 0) is 6.54 Å². The van der Waals surface area contributed by atoms with Crippen molar-refractivity contribution in [2.24, 2.45) is 0 Å². The summed E-state index contributed by atoms with van der Waals surface area (Å²) in [6.45, 7) is 8.91. The average Bonchev–Trinajstić information content (AvgIpc) is 2.65. The topological polar surface area (TPSA) is 28.2 Å². The number of aryl methyl sites for hydroxylation is 1. The molecule has 20 heavy (non-hydrogen) atoms. The number of nitrogens with one attached hydrogen (secondary N) is 1. The molecule has 3 nitrogen and oxygen atoms in total. The highest BCUT2D eigenvalue weighted by Gasteiger charge is 2.17. The highest BCUT2D eigenvalue weighted by atomic mass is 15.2. The second-order valence-corrected chi connectivity index (χ2v) is 5.85. The van der Waals surface area contributed by atoms with E-state index in [-0.39, 0.29) is 0 Å². The van der Waals surface area contributed by atoms with E-state index in [2.05, 4.69) is 47.2 Å². The van der Waals surface area contributed by atoms with Gasteiger partial charge in [0.15, 0.2) is 0 Å². The van der Waals surface area contributed by atoms with E-state index in [0.717, 1.165) is 19.6 Å². The fourth-order valence-corrected chi connectivity index (χ4v) is 3.16. The lowest BCUT2D eigenvalue weighted by atomic mass is 10.0. The quantitative estimate of drug-likeness (QED) is 0.908. The van der Waals surface area contributed by atoms with Crippen molar-refractivity contribution in [1.29, 1.82) is 0 Å². The van der Waals surface area contributed by atoms with Gasteiger partial charge in [-0.05, 0) is 43.3 Å². The summed E-state index contributed by atoms with van der Waals surface area (Å²) in [4.78, 5) is 6.90. The van der Waals surface area contributed by atoms with Crippen molar-refractivity contribution >= 4 is 10.8 Å². The molecule has 1 aromatic carbocycles. The molecule has 1 N–H and O–H groups in total. The van der Waals surface area contributed by atoms with Crippen molar-refractivity contribution in [2.75, 3.05) is 19.6 Å². The van der Waals surface area contributed by atoms with E-state index in [0.29, 0.717) is 6.04 Å². The van der Waals surface area contributed by atoms with Crippen LogP contribution in [0.5, 0.6) is 0 Å². The maximum Gasteiger partial charge on any atom is 0.0346 e. The summed E-state index contributed by atoms with van der Waals surface area (Å²) in [5.74, 6) is 0. The molecule has 3 rings (SSSR count). The van der Waals surface area contributed by atoms with Gasteiger partial charge in [0, 0.05) is 43.5 Å². The molecule has 2 heterocycles. The molecule has 1 aliphatic rings. The maximum absolute atomic E-state index is 4.31. The molecule has 0 bridgehead atoms. The highest BCUT2D eigenvalue weighted by molar-refractivity contribution is 5.87. The Kier molecular flexibility index (Phi) is 3.99. The second kappa shape index (κ2) is 5.90. The molecule has 0 saturated carbocycles. The largest absolute Gasteiger partial charge is 0.315 e. The van der Waals surface area contributed by atoms with Gasteiger partial charge in [-0.3, -0.25) is 9.88 Å². The summed E-state index contributed by atoms with van der Waals surface area (Å²) in [6, 6.07) is 7.17. The fourth-order valence-electron chi connectivity index (χ4n) is 3.16. The van der Waals surface area contributed by atoms with E-state index < -0.39 is 0 Å². The van der Waals surface area contributed by atoms with Crippen molar-refractivity contribution < 1.29 is 0 Å². The number of hydrogen-bond acceptors (Lipinski definition) is 3. The van der Waals surface area contributed by atoms with E-state index in [4.69, 9.17) is 0 Å². The van der Waals surface area contributed by atoms with Crippen LogP contribution in [0, 0.1) is 6.92 Å². The molecular formula is C17H23N3. The minimum atomic E-state index is 0.592. The molecule has 1 saturated heterocycles. The Balaban J connectivity index is 1.94. The molecule has 2 aromatic rings. The summed E-state index contributed by atoms with van der Waals surface area (Å²) in [5, 5.41) is 6.14. The SMILES string of the molecule is Cc1cncc2cccc(CN3CCCNC[C@@H]3C)c12. The van der Waals surface area contributed by atoms with Crippen LogP contribution in [0.1, 0.15) is 24.5 Å². The van der Waals surface area contributed by atoms with Crippen LogP contribution >= 0.6 is 0 Å². The minimum Gasteiger partial charge on any atom is -0.315 e. The van der Waals surface area contributed by atoms with Crippen molar-refractivity contribution in [3.8, 4) is 0 Å². The molecule has 1 aliphatic heterocycles. The molecule has 1 aromatic heterocycles. The van der Waals surface area contributed by atoms with Crippen molar-refractivity contribution in [2.45, 2.75) is 32.9 Å². The first-order valence-corrected chi connectivity index (χ1v) is 7.52. The third-order valence-electron chi connectivity index (χ3n) is 4.29. The Labute approximate surface area is 121 Å². The Bertz CT molecular complexity index is 589. The van der Waals surface area contributed by atoms with Gasteiger partial charge in [0.05, 0.1) is 0 Å². The monoisotopic (exact) mass is 269 g/mol.